The molecule has 0 atom stereocenters. The van der Waals surface area contributed by atoms with E-state index in [0.717, 1.165) is 11.1 Å². The van der Waals surface area contributed by atoms with Gasteiger partial charge in [0.1, 0.15) is 16.7 Å². The van der Waals surface area contributed by atoms with E-state index in [1.54, 1.807) is 20.3 Å². The molecule has 3 aromatic carbocycles. The Kier molecular flexibility index (Phi) is 11.0. The van der Waals surface area contributed by atoms with Gasteiger partial charge in [-0.3, -0.25) is 14.5 Å². The molecule has 10 nitrogen and oxygen atoms in total. The highest BCUT2D eigenvalue weighted by molar-refractivity contribution is 8.26. The Morgan fingerprint density at radius 3 is 2.27 bits per heavy atom. The van der Waals surface area contributed by atoms with Crippen molar-refractivity contribution in [3.8, 4) is 28.4 Å². The molecule has 0 spiro atoms. The van der Waals surface area contributed by atoms with E-state index in [0.29, 0.717) is 50.9 Å². The summed E-state index contributed by atoms with van der Waals surface area (Å²) in [5.74, 6) is 0.160. The summed E-state index contributed by atoms with van der Waals surface area (Å²) in [6.07, 6.45) is 1.77. The van der Waals surface area contributed by atoms with Crippen molar-refractivity contribution in [2.75, 3.05) is 53.3 Å². The average molecular weight is 636 g/mol. The van der Waals surface area contributed by atoms with E-state index in [4.69, 9.17) is 31.5 Å². The lowest BCUT2D eigenvalue weighted by Gasteiger charge is -2.15. The second-order valence-corrected chi connectivity index (χ2v) is 11.7. The van der Waals surface area contributed by atoms with Crippen molar-refractivity contribution in [1.29, 1.82) is 0 Å². The van der Waals surface area contributed by atoms with Crippen molar-refractivity contribution in [1.82, 2.24) is 9.80 Å². The zero-order valence-electron chi connectivity index (χ0n) is 24.8. The number of amides is 2. The van der Waals surface area contributed by atoms with Crippen LogP contribution in [0.5, 0.6) is 17.2 Å². The third-order valence-electron chi connectivity index (χ3n) is 6.66. The van der Waals surface area contributed by atoms with Gasteiger partial charge in [0.05, 0.1) is 24.7 Å². The van der Waals surface area contributed by atoms with Gasteiger partial charge in [0.2, 0.25) is 5.91 Å². The number of thiocarbonyl (C=S) groups is 1. The van der Waals surface area contributed by atoms with Crippen LogP contribution in [-0.2, 0) is 9.59 Å². The molecule has 0 radical (unpaired) electrons. The summed E-state index contributed by atoms with van der Waals surface area (Å²) in [6, 6.07) is 17.3. The molecule has 0 bridgehead atoms. The van der Waals surface area contributed by atoms with Gasteiger partial charge in [0.25, 0.3) is 5.91 Å². The summed E-state index contributed by atoms with van der Waals surface area (Å²) in [6.45, 7) is 1.27. The van der Waals surface area contributed by atoms with Gasteiger partial charge in [-0.1, -0.05) is 36.1 Å². The maximum atomic E-state index is 13.4. The molecule has 230 valence electrons. The molecule has 1 aliphatic rings. The Balaban J connectivity index is 1.52. The number of benzene rings is 3. The van der Waals surface area contributed by atoms with Crippen LogP contribution in [0.3, 0.4) is 0 Å². The van der Waals surface area contributed by atoms with Gasteiger partial charge in [-0.05, 0) is 79.8 Å². The number of nitrogens with one attached hydrogen (secondary N) is 1. The minimum absolute atomic E-state index is 0.00802. The lowest BCUT2D eigenvalue weighted by atomic mass is 10.0. The van der Waals surface area contributed by atoms with E-state index in [2.05, 4.69) is 5.32 Å². The maximum Gasteiger partial charge on any atom is 0.335 e. The largest absolute Gasteiger partial charge is 0.493 e. The number of carboxylic acids is 1. The number of hydrogen-bond acceptors (Lipinski definition) is 9. The highest BCUT2D eigenvalue weighted by Gasteiger charge is 2.32. The van der Waals surface area contributed by atoms with E-state index < -0.39 is 5.97 Å². The second kappa shape index (κ2) is 14.9. The first-order valence-corrected chi connectivity index (χ1v) is 14.8. The van der Waals surface area contributed by atoms with E-state index in [1.165, 1.54) is 40.9 Å². The van der Waals surface area contributed by atoms with Crippen molar-refractivity contribution < 1.29 is 33.7 Å². The molecule has 1 heterocycles. The molecule has 44 heavy (non-hydrogen) atoms. The fourth-order valence-corrected chi connectivity index (χ4v) is 5.59. The zero-order valence-corrected chi connectivity index (χ0v) is 26.4. The Morgan fingerprint density at radius 2 is 1.64 bits per heavy atom. The van der Waals surface area contributed by atoms with Crippen molar-refractivity contribution in [3.05, 3.63) is 76.7 Å². The normalized spacial score (nSPS) is 13.8. The number of thioether (sulfide) groups is 1. The molecular weight excluding hydrogens is 603 g/mol. The molecule has 4 rings (SSSR count). The molecule has 1 saturated heterocycles. The number of anilines is 1. The van der Waals surface area contributed by atoms with Crippen LogP contribution in [0.25, 0.3) is 17.2 Å². The van der Waals surface area contributed by atoms with E-state index >= 15 is 0 Å². The second-order valence-electron chi connectivity index (χ2n) is 9.99. The van der Waals surface area contributed by atoms with Gasteiger partial charge in [-0.2, -0.15) is 0 Å². The average Bonchev–Trinajstić information content (AvgIpc) is 3.27. The van der Waals surface area contributed by atoms with Crippen LogP contribution in [0.1, 0.15) is 22.3 Å². The first-order valence-electron chi connectivity index (χ1n) is 13.6. The molecule has 2 amide bonds. The molecule has 3 aromatic rings. The first kappa shape index (κ1) is 32.5. The predicted octanol–water partition coefficient (Wildman–Crippen LogP) is 5.24. The van der Waals surface area contributed by atoms with E-state index in [1.807, 2.05) is 55.4 Å². The van der Waals surface area contributed by atoms with Crippen molar-refractivity contribution in [2.24, 2.45) is 0 Å². The number of likely N-dealkylation sites (N-methyl/N-ethyl adjacent to an activating group) is 1. The number of carboxylic acid groups (broad SMARTS) is 1. The van der Waals surface area contributed by atoms with E-state index in [9.17, 15) is 14.4 Å². The number of aromatic carboxylic acids is 1. The molecule has 2 N–H and O–H groups in total. The highest BCUT2D eigenvalue weighted by atomic mass is 32.2. The quantitative estimate of drug-likeness (QED) is 0.191. The minimum atomic E-state index is -1.05. The topological polar surface area (TPSA) is 118 Å². The summed E-state index contributed by atoms with van der Waals surface area (Å²) in [4.78, 5) is 40.8. The van der Waals surface area contributed by atoms with Crippen LogP contribution in [0.4, 0.5) is 5.69 Å². The molecule has 12 heteroatoms. The number of ether oxygens (including phenoxy) is 3. The standard InChI is InChI=1S/C32H33N3O7S2/c1-34(2)15-16-42-25-11-7-21(22-8-12-26(40-3)27(18-22)41-4)17-23(25)19-28-30(37)35(32(43)44-28)14-13-29(36)33-24-9-5-20(6-10-24)31(38)39/h5-12,17-19H,13-16H2,1-4H3,(H,33,36)(H,38,39)/b28-19-. The molecule has 0 aliphatic carbocycles. The highest BCUT2D eigenvalue weighted by Crippen LogP contribution is 2.37. The predicted molar refractivity (Wildman–Crippen MR) is 176 cm³/mol. The number of hydrogen-bond donors (Lipinski definition) is 2. The van der Waals surface area contributed by atoms with Crippen LogP contribution >= 0.6 is 24.0 Å². The van der Waals surface area contributed by atoms with Crippen molar-refractivity contribution >= 4 is 57.8 Å². The van der Waals surface area contributed by atoms with E-state index in [-0.39, 0.29) is 30.3 Å². The lowest BCUT2D eigenvalue weighted by molar-refractivity contribution is -0.122. The SMILES string of the molecule is COc1ccc(-c2ccc(OCCN(C)C)c(/C=C3\SC(=S)N(CCC(=O)Nc4ccc(C(=O)O)cc4)C3=O)c2)cc1OC. The van der Waals surface area contributed by atoms with Crippen LogP contribution in [0.15, 0.2) is 65.6 Å². The number of nitrogens with zero attached hydrogens (tertiary/aromatic N) is 2. The fourth-order valence-electron chi connectivity index (χ4n) is 4.29. The van der Waals surface area contributed by atoms with Crippen LogP contribution in [0, 0.1) is 0 Å². The van der Waals surface area contributed by atoms with Gasteiger partial charge in [0, 0.05) is 30.8 Å². The first-order chi connectivity index (χ1) is 21.1. The summed E-state index contributed by atoms with van der Waals surface area (Å²) in [7, 11) is 7.09. The van der Waals surface area contributed by atoms with Gasteiger partial charge in [-0.25, -0.2) is 4.79 Å². The molecule has 1 fully saturated rings. The maximum absolute atomic E-state index is 13.4. The zero-order chi connectivity index (χ0) is 31.8. The van der Waals surface area contributed by atoms with Gasteiger partial charge in [0.15, 0.2) is 11.5 Å². The molecule has 0 saturated carbocycles. The molecule has 0 aromatic heterocycles. The third-order valence-corrected chi connectivity index (χ3v) is 8.04. The van der Waals surface area contributed by atoms with Crippen molar-refractivity contribution in [3.63, 3.8) is 0 Å². The third kappa shape index (κ3) is 8.16. The summed E-state index contributed by atoms with van der Waals surface area (Å²) >= 11 is 6.66. The van der Waals surface area contributed by atoms with Crippen molar-refractivity contribution in [2.45, 2.75) is 6.42 Å². The minimum Gasteiger partial charge on any atom is -0.493 e. The number of methoxy groups -OCH3 is 2. The Hall–Kier alpha value is -4.39. The fraction of sp³-hybridized carbons (Fsp3) is 0.250. The van der Waals surface area contributed by atoms with Crippen LogP contribution < -0.4 is 19.5 Å². The number of carbonyl (C=O) groups excluding carboxylic acids is 2. The smallest absolute Gasteiger partial charge is 0.335 e. The van der Waals surface area contributed by atoms with Crippen LogP contribution in [-0.4, -0.2) is 85.0 Å². The molecule has 0 unspecified atom stereocenters. The van der Waals surface area contributed by atoms with Gasteiger partial charge < -0.3 is 29.5 Å². The Labute approximate surface area is 265 Å². The molecular formula is C32H33N3O7S2. The van der Waals surface area contributed by atoms with Gasteiger partial charge in [-0.15, -0.1) is 0 Å². The monoisotopic (exact) mass is 635 g/mol. The summed E-state index contributed by atoms with van der Waals surface area (Å²) < 4.78 is 17.3. The lowest BCUT2D eigenvalue weighted by Crippen LogP contribution is -2.31. The summed E-state index contributed by atoms with van der Waals surface area (Å²) in [5, 5.41) is 11.8. The Bertz CT molecular complexity index is 1590. The van der Waals surface area contributed by atoms with Crippen LogP contribution in [0.2, 0.25) is 0 Å². The number of rotatable bonds is 13. The number of carbonyl (C=O) groups is 3. The molecule has 1 aliphatic heterocycles. The Morgan fingerprint density at radius 1 is 0.977 bits per heavy atom. The van der Waals surface area contributed by atoms with Gasteiger partial charge >= 0.3 is 5.97 Å². The summed E-state index contributed by atoms with van der Waals surface area (Å²) in [5.41, 5.74) is 3.07.